The predicted octanol–water partition coefficient (Wildman–Crippen LogP) is 3.66. The van der Waals surface area contributed by atoms with Crippen LogP contribution in [-0.4, -0.2) is 17.9 Å². The number of benzene rings is 2. The van der Waals surface area contributed by atoms with E-state index in [4.69, 9.17) is 5.73 Å². The number of rotatable bonds is 8. The largest absolute Gasteiger partial charge is 0.366 e. The van der Waals surface area contributed by atoms with E-state index in [1.165, 1.54) is 11.1 Å². The normalized spacial score (nSPS) is 13.2. The summed E-state index contributed by atoms with van der Waals surface area (Å²) in [5, 5.41) is 6.30. The molecule has 0 saturated carbocycles. The van der Waals surface area contributed by atoms with E-state index in [9.17, 15) is 9.59 Å². The summed E-state index contributed by atoms with van der Waals surface area (Å²) >= 11 is 0. The van der Waals surface area contributed by atoms with Gasteiger partial charge in [0.25, 0.3) is 0 Å². The van der Waals surface area contributed by atoms with Crippen LogP contribution in [0.15, 0.2) is 48.5 Å². The van der Waals surface area contributed by atoms with Crippen LogP contribution in [0.4, 0.5) is 5.69 Å². The molecule has 2 atom stereocenters. The van der Waals surface area contributed by atoms with E-state index in [2.05, 4.69) is 55.7 Å². The topological polar surface area (TPSA) is 84.2 Å². The van der Waals surface area contributed by atoms with Crippen LogP contribution < -0.4 is 16.4 Å². The van der Waals surface area contributed by atoms with E-state index >= 15 is 0 Å². The van der Waals surface area contributed by atoms with Crippen LogP contribution in [0.5, 0.6) is 0 Å². The number of hydrogen-bond donors (Lipinski definition) is 3. The van der Waals surface area contributed by atoms with Crippen molar-refractivity contribution >= 4 is 17.5 Å². The molecule has 2 amide bonds. The first-order valence-electron chi connectivity index (χ1n) is 9.37. The third kappa shape index (κ3) is 5.66. The third-order valence-corrected chi connectivity index (χ3v) is 4.67. The van der Waals surface area contributed by atoms with Gasteiger partial charge in [0.2, 0.25) is 11.8 Å². The lowest BCUT2D eigenvalue weighted by Gasteiger charge is -2.26. The van der Waals surface area contributed by atoms with E-state index in [1.54, 1.807) is 24.3 Å². The van der Waals surface area contributed by atoms with Gasteiger partial charge < -0.3 is 11.1 Å². The highest BCUT2D eigenvalue weighted by atomic mass is 16.2. The fourth-order valence-corrected chi connectivity index (χ4v) is 2.95. The molecule has 0 aliphatic rings. The lowest BCUT2D eigenvalue weighted by molar-refractivity contribution is -0.118. The number of amides is 2. The molecule has 5 nitrogen and oxygen atoms in total. The molecule has 2 aromatic carbocycles. The second-order valence-electron chi connectivity index (χ2n) is 7.14. The van der Waals surface area contributed by atoms with Crippen LogP contribution in [0.2, 0.25) is 0 Å². The summed E-state index contributed by atoms with van der Waals surface area (Å²) in [4.78, 5) is 23.7. The number of anilines is 1. The average molecular weight is 367 g/mol. The maximum atomic E-state index is 12.6. The Bertz CT molecular complexity index is 767. The second-order valence-corrected chi connectivity index (χ2v) is 7.14. The smallest absolute Gasteiger partial charge is 0.248 e. The molecule has 0 saturated heterocycles. The standard InChI is InChI=1S/C22H29N3O2/c1-5-16-6-8-17(9-7-16)20(14(2)3)24-15(4)22(27)25-19-12-10-18(11-13-19)21(23)26/h6-15,20,24H,5H2,1-4H3,(H2,23,26)(H,25,27)/t15-,20+/m0/s1. The maximum Gasteiger partial charge on any atom is 0.248 e. The molecule has 0 spiro atoms. The summed E-state index contributed by atoms with van der Waals surface area (Å²) in [6, 6.07) is 14.8. The fourth-order valence-electron chi connectivity index (χ4n) is 2.95. The molecule has 5 heteroatoms. The van der Waals surface area contributed by atoms with Crippen LogP contribution in [-0.2, 0) is 11.2 Å². The fraction of sp³-hybridized carbons (Fsp3) is 0.364. The molecule has 2 aromatic rings. The quantitative estimate of drug-likeness (QED) is 0.666. The van der Waals surface area contributed by atoms with E-state index < -0.39 is 5.91 Å². The van der Waals surface area contributed by atoms with Gasteiger partial charge in [0, 0.05) is 17.3 Å². The van der Waals surface area contributed by atoms with Gasteiger partial charge in [-0.05, 0) is 54.7 Å². The molecule has 0 aromatic heterocycles. The first-order valence-corrected chi connectivity index (χ1v) is 9.37. The molecule has 0 fully saturated rings. The number of nitrogens with one attached hydrogen (secondary N) is 2. The zero-order valence-corrected chi connectivity index (χ0v) is 16.5. The molecule has 4 N–H and O–H groups in total. The minimum absolute atomic E-state index is 0.0777. The first-order chi connectivity index (χ1) is 12.8. The summed E-state index contributed by atoms with van der Waals surface area (Å²) in [5.41, 5.74) is 8.75. The highest BCUT2D eigenvalue weighted by Gasteiger charge is 2.22. The Balaban J connectivity index is 2.04. The molecule has 0 unspecified atom stereocenters. The highest BCUT2D eigenvalue weighted by molar-refractivity contribution is 5.96. The number of carbonyl (C=O) groups is 2. The molecule has 0 aliphatic carbocycles. The SMILES string of the molecule is CCc1ccc([C@H](N[C@@H](C)C(=O)Nc2ccc(C(N)=O)cc2)C(C)C)cc1. The molecule has 144 valence electrons. The minimum atomic E-state index is -0.489. The Labute approximate surface area is 161 Å². The summed E-state index contributed by atoms with van der Waals surface area (Å²) < 4.78 is 0. The molecular weight excluding hydrogens is 338 g/mol. The summed E-state index contributed by atoms with van der Waals surface area (Å²) in [6.07, 6.45) is 1.01. The predicted molar refractivity (Wildman–Crippen MR) is 110 cm³/mol. The molecule has 0 heterocycles. The molecule has 0 aliphatic heterocycles. The van der Waals surface area contributed by atoms with Gasteiger partial charge in [0.15, 0.2) is 0 Å². The van der Waals surface area contributed by atoms with Crippen LogP contribution >= 0.6 is 0 Å². The zero-order valence-electron chi connectivity index (χ0n) is 16.5. The van der Waals surface area contributed by atoms with Crippen LogP contribution in [0.25, 0.3) is 0 Å². The molecule has 27 heavy (non-hydrogen) atoms. The Morgan fingerprint density at radius 1 is 0.963 bits per heavy atom. The first kappa shape index (κ1) is 20.6. The van der Waals surface area contributed by atoms with Crippen molar-refractivity contribution in [3.05, 3.63) is 65.2 Å². The number of nitrogens with two attached hydrogens (primary N) is 1. The third-order valence-electron chi connectivity index (χ3n) is 4.67. The average Bonchev–Trinajstić information content (AvgIpc) is 2.66. The van der Waals surface area contributed by atoms with E-state index in [1.807, 2.05) is 6.92 Å². The van der Waals surface area contributed by atoms with E-state index in [-0.39, 0.29) is 18.0 Å². The Morgan fingerprint density at radius 3 is 2.04 bits per heavy atom. The van der Waals surface area contributed by atoms with Crippen LogP contribution in [0, 0.1) is 5.92 Å². The molecular formula is C22H29N3O2. The number of hydrogen-bond acceptors (Lipinski definition) is 3. The Hall–Kier alpha value is -2.66. The molecule has 2 rings (SSSR count). The van der Waals surface area contributed by atoms with Crippen molar-refractivity contribution in [2.24, 2.45) is 11.7 Å². The van der Waals surface area contributed by atoms with Gasteiger partial charge in [-0.15, -0.1) is 0 Å². The van der Waals surface area contributed by atoms with Gasteiger partial charge in [-0.25, -0.2) is 0 Å². The highest BCUT2D eigenvalue weighted by Crippen LogP contribution is 2.23. The lowest BCUT2D eigenvalue weighted by Crippen LogP contribution is -2.41. The van der Waals surface area contributed by atoms with Gasteiger partial charge in [-0.2, -0.15) is 0 Å². The summed E-state index contributed by atoms with van der Waals surface area (Å²) in [6.45, 7) is 8.26. The van der Waals surface area contributed by atoms with Gasteiger partial charge in [0.05, 0.1) is 6.04 Å². The van der Waals surface area contributed by atoms with Crippen molar-refractivity contribution < 1.29 is 9.59 Å². The van der Waals surface area contributed by atoms with Crippen LogP contribution in [0.3, 0.4) is 0 Å². The van der Waals surface area contributed by atoms with Crippen molar-refractivity contribution in [2.75, 3.05) is 5.32 Å². The van der Waals surface area contributed by atoms with E-state index in [0.717, 1.165) is 6.42 Å². The number of carbonyl (C=O) groups excluding carboxylic acids is 2. The second kappa shape index (κ2) is 9.33. The van der Waals surface area contributed by atoms with Gasteiger partial charge in [-0.1, -0.05) is 45.0 Å². The zero-order chi connectivity index (χ0) is 20.0. The lowest BCUT2D eigenvalue weighted by atomic mass is 9.94. The van der Waals surface area contributed by atoms with Crippen molar-refractivity contribution in [1.82, 2.24) is 5.32 Å². The van der Waals surface area contributed by atoms with Crippen LogP contribution in [0.1, 0.15) is 55.2 Å². The van der Waals surface area contributed by atoms with Crippen molar-refractivity contribution in [3.8, 4) is 0 Å². The monoisotopic (exact) mass is 367 g/mol. The Morgan fingerprint density at radius 2 is 1.56 bits per heavy atom. The summed E-state index contributed by atoms with van der Waals surface area (Å²) in [5.74, 6) is -0.281. The minimum Gasteiger partial charge on any atom is -0.366 e. The molecule has 0 radical (unpaired) electrons. The number of aryl methyl sites for hydroxylation is 1. The van der Waals surface area contributed by atoms with Gasteiger partial charge in [0.1, 0.15) is 0 Å². The van der Waals surface area contributed by atoms with Crippen molar-refractivity contribution in [1.29, 1.82) is 0 Å². The van der Waals surface area contributed by atoms with Crippen molar-refractivity contribution in [2.45, 2.75) is 46.2 Å². The maximum absolute atomic E-state index is 12.6. The van der Waals surface area contributed by atoms with Gasteiger partial charge >= 0.3 is 0 Å². The summed E-state index contributed by atoms with van der Waals surface area (Å²) in [7, 11) is 0. The van der Waals surface area contributed by atoms with E-state index in [0.29, 0.717) is 17.2 Å². The van der Waals surface area contributed by atoms with Gasteiger partial charge in [-0.3, -0.25) is 14.9 Å². The number of primary amides is 1. The van der Waals surface area contributed by atoms with Crippen molar-refractivity contribution in [3.63, 3.8) is 0 Å². The Kier molecular flexibility index (Phi) is 7.13. The molecule has 0 bridgehead atoms.